The average Bonchev–Trinajstić information content (AvgIpc) is 3.73. The second kappa shape index (κ2) is 12.6. The Kier molecular flexibility index (Phi) is 8.93. The number of carboxylic acids is 1. The van der Waals surface area contributed by atoms with Gasteiger partial charge in [-0.2, -0.15) is 0 Å². The van der Waals surface area contributed by atoms with Crippen molar-refractivity contribution in [2.24, 2.45) is 16.8 Å². The lowest BCUT2D eigenvalue weighted by molar-refractivity contribution is -0.160. The van der Waals surface area contributed by atoms with E-state index in [2.05, 4.69) is 25.1 Å². The highest BCUT2D eigenvalue weighted by molar-refractivity contribution is 7.22. The predicted molar refractivity (Wildman–Crippen MR) is 184 cm³/mol. The van der Waals surface area contributed by atoms with Crippen molar-refractivity contribution < 1.29 is 24.2 Å². The number of ketones is 1. The summed E-state index contributed by atoms with van der Waals surface area (Å²) in [6.07, 6.45) is 1.42. The van der Waals surface area contributed by atoms with E-state index in [1.54, 1.807) is 18.4 Å². The largest absolute Gasteiger partial charge is 0.479 e. The molecule has 0 bridgehead atoms. The van der Waals surface area contributed by atoms with Crippen LogP contribution >= 0.6 is 22.9 Å². The summed E-state index contributed by atoms with van der Waals surface area (Å²) in [4.78, 5) is 35.4. The van der Waals surface area contributed by atoms with Crippen molar-refractivity contribution in [3.63, 3.8) is 0 Å². The van der Waals surface area contributed by atoms with Crippen molar-refractivity contribution >= 4 is 50.6 Å². The van der Waals surface area contributed by atoms with Crippen LogP contribution in [0.1, 0.15) is 81.4 Å². The molecule has 240 valence electrons. The summed E-state index contributed by atoms with van der Waals surface area (Å²) < 4.78 is 12.2. The highest BCUT2D eigenvalue weighted by Gasteiger charge is 2.37. The summed E-state index contributed by atoms with van der Waals surface area (Å²) in [6.45, 7) is 9.78. The quantitative estimate of drug-likeness (QED) is 0.193. The first-order chi connectivity index (χ1) is 21.8. The van der Waals surface area contributed by atoms with Gasteiger partial charge in [0.1, 0.15) is 11.6 Å². The summed E-state index contributed by atoms with van der Waals surface area (Å²) in [6, 6.07) is 15.9. The van der Waals surface area contributed by atoms with Crippen LogP contribution in [-0.4, -0.2) is 46.9 Å². The summed E-state index contributed by atoms with van der Waals surface area (Å²) in [5, 5.41) is 11.8. The third-order valence-electron chi connectivity index (χ3n) is 8.94. The van der Waals surface area contributed by atoms with E-state index in [1.165, 1.54) is 5.56 Å². The lowest BCUT2D eigenvalue weighted by atomic mass is 9.90. The number of aliphatic imine (C=N–C) groups is 1. The van der Waals surface area contributed by atoms with Gasteiger partial charge in [-0.25, -0.2) is 9.78 Å². The third-order valence-corrected chi connectivity index (χ3v) is 10.3. The van der Waals surface area contributed by atoms with Gasteiger partial charge in [0.15, 0.2) is 11.9 Å². The number of ether oxygens (including phenoxy) is 2. The molecule has 3 unspecified atom stereocenters. The van der Waals surface area contributed by atoms with E-state index in [1.807, 2.05) is 58.0 Å². The zero-order chi connectivity index (χ0) is 32.9. The average molecular weight is 659 g/mol. The van der Waals surface area contributed by atoms with Crippen LogP contribution in [-0.2, 0) is 19.1 Å². The van der Waals surface area contributed by atoms with Gasteiger partial charge in [-0.05, 0) is 94.8 Å². The fourth-order valence-corrected chi connectivity index (χ4v) is 8.14. The van der Waals surface area contributed by atoms with E-state index < -0.39 is 17.7 Å². The molecule has 1 aliphatic heterocycles. The number of carboxylic acid groups (broad SMARTS) is 1. The van der Waals surface area contributed by atoms with Crippen LogP contribution < -0.4 is 0 Å². The highest BCUT2D eigenvalue weighted by Crippen LogP contribution is 2.46. The molecule has 4 atom stereocenters. The SMILES string of the molecule is COCC(=O)C1CCC(C2=NC(C)c3ccc(-c4nc5cc(C)c([C@H](OC(C)(C)C)C(=O)O)c(-c6ccc(Cl)cc6)c5s4)cc32)C1. The van der Waals surface area contributed by atoms with Crippen molar-refractivity contribution in [2.75, 3.05) is 13.7 Å². The number of carbonyl (C=O) groups excluding carboxylic acids is 1. The molecule has 0 amide bonds. The number of hydrogen-bond donors (Lipinski definition) is 1. The lowest BCUT2D eigenvalue weighted by Crippen LogP contribution is -2.28. The number of fused-ring (bicyclic) bond motifs is 2. The fraction of sp³-hybridized carbons (Fsp3) is 0.405. The molecular weight excluding hydrogens is 620 g/mol. The maximum Gasteiger partial charge on any atom is 0.337 e. The molecule has 1 aromatic heterocycles. The van der Waals surface area contributed by atoms with Crippen LogP contribution in [0.15, 0.2) is 53.5 Å². The number of methoxy groups -OCH3 is 1. The highest BCUT2D eigenvalue weighted by atomic mass is 35.5. The van der Waals surface area contributed by atoms with Crippen LogP contribution in [0, 0.1) is 18.8 Å². The van der Waals surface area contributed by atoms with Crippen LogP contribution in [0.3, 0.4) is 0 Å². The molecule has 7 nitrogen and oxygen atoms in total. The number of aliphatic carboxylic acids is 1. The first-order valence-electron chi connectivity index (χ1n) is 15.7. The van der Waals surface area contributed by atoms with Gasteiger partial charge in [0.25, 0.3) is 0 Å². The smallest absolute Gasteiger partial charge is 0.337 e. The zero-order valence-electron chi connectivity index (χ0n) is 27.0. The number of hydrogen-bond acceptors (Lipinski definition) is 7. The van der Waals surface area contributed by atoms with Crippen molar-refractivity contribution in [1.82, 2.24) is 4.98 Å². The molecule has 2 heterocycles. The summed E-state index contributed by atoms with van der Waals surface area (Å²) in [5.41, 5.74) is 7.55. The number of aromatic nitrogens is 1. The number of rotatable bonds is 9. The minimum atomic E-state index is -1.17. The second-order valence-electron chi connectivity index (χ2n) is 13.4. The Morgan fingerprint density at radius 2 is 1.80 bits per heavy atom. The fourth-order valence-electron chi connectivity index (χ4n) is 6.89. The lowest BCUT2D eigenvalue weighted by Gasteiger charge is -2.28. The Labute approximate surface area is 278 Å². The molecule has 1 fully saturated rings. The van der Waals surface area contributed by atoms with Crippen LogP contribution in [0.2, 0.25) is 5.02 Å². The van der Waals surface area contributed by atoms with Gasteiger partial charge in [0.05, 0.1) is 21.9 Å². The number of carbonyl (C=O) groups is 2. The van der Waals surface area contributed by atoms with E-state index in [0.717, 1.165) is 68.0 Å². The molecule has 6 rings (SSSR count). The number of thiazole rings is 1. The molecule has 9 heteroatoms. The normalized spacial score (nSPS) is 20.2. The van der Waals surface area contributed by atoms with Crippen molar-refractivity contribution in [1.29, 1.82) is 0 Å². The summed E-state index contributed by atoms with van der Waals surface area (Å²) in [7, 11) is 1.57. The molecule has 4 aromatic rings. The minimum Gasteiger partial charge on any atom is -0.479 e. The van der Waals surface area contributed by atoms with Gasteiger partial charge >= 0.3 is 5.97 Å². The molecular formula is C37H39ClN2O5S. The molecule has 2 aliphatic rings. The molecule has 1 saturated carbocycles. The number of nitrogens with zero attached hydrogens (tertiary/aromatic N) is 2. The van der Waals surface area contributed by atoms with Crippen molar-refractivity contribution in [3.8, 4) is 21.7 Å². The van der Waals surface area contributed by atoms with Gasteiger partial charge in [-0.3, -0.25) is 9.79 Å². The summed E-state index contributed by atoms with van der Waals surface area (Å²) >= 11 is 7.81. The maximum absolute atomic E-state index is 12.7. The Hall–Kier alpha value is -3.43. The Morgan fingerprint density at radius 3 is 2.48 bits per heavy atom. The van der Waals surface area contributed by atoms with E-state index in [-0.39, 0.29) is 30.3 Å². The number of halogens is 1. The molecule has 0 spiro atoms. The van der Waals surface area contributed by atoms with Crippen LogP contribution in [0.4, 0.5) is 0 Å². The van der Waals surface area contributed by atoms with Crippen LogP contribution in [0.5, 0.6) is 0 Å². The Bertz CT molecular complexity index is 1860. The van der Waals surface area contributed by atoms with E-state index in [9.17, 15) is 14.7 Å². The molecule has 1 aliphatic carbocycles. The molecule has 3 aromatic carbocycles. The van der Waals surface area contributed by atoms with Gasteiger partial charge in [-0.15, -0.1) is 11.3 Å². The van der Waals surface area contributed by atoms with E-state index in [0.29, 0.717) is 10.6 Å². The zero-order valence-corrected chi connectivity index (χ0v) is 28.6. The maximum atomic E-state index is 12.7. The van der Waals surface area contributed by atoms with Crippen molar-refractivity contribution in [2.45, 2.75) is 71.6 Å². The number of Topliss-reactive ketones (excluding diaryl/α,β-unsaturated/α-hetero) is 1. The molecule has 0 radical (unpaired) electrons. The van der Waals surface area contributed by atoms with E-state index in [4.69, 9.17) is 31.1 Å². The van der Waals surface area contributed by atoms with Crippen LogP contribution in [0.25, 0.3) is 31.9 Å². The number of aryl methyl sites for hydroxylation is 1. The van der Waals surface area contributed by atoms with Gasteiger partial charge in [-0.1, -0.05) is 35.9 Å². The Balaban J connectivity index is 1.45. The molecule has 0 saturated heterocycles. The standard InChI is InChI=1S/C37H39ClN2O5S/c1-19-15-28-34(31(21-9-12-25(38)13-10-21)30(19)33(36(42)43)45-37(3,4)5)46-35(40-28)24-11-14-26-20(2)39-32(27(26)17-24)23-8-7-22(16-23)29(41)18-44-6/h9-15,17,20,22-23,33H,7-8,16,18H2,1-6H3,(H,42,43)/t20?,22?,23?,33-/m0/s1. The Morgan fingerprint density at radius 1 is 1.09 bits per heavy atom. The monoisotopic (exact) mass is 658 g/mol. The number of benzene rings is 3. The predicted octanol–water partition coefficient (Wildman–Crippen LogP) is 9.03. The topological polar surface area (TPSA) is 98.1 Å². The second-order valence-corrected chi connectivity index (χ2v) is 14.8. The van der Waals surface area contributed by atoms with E-state index >= 15 is 0 Å². The van der Waals surface area contributed by atoms with Crippen molar-refractivity contribution in [3.05, 3.63) is 75.8 Å². The minimum absolute atomic E-state index is 0.0140. The first kappa shape index (κ1) is 32.5. The van der Waals surface area contributed by atoms with Gasteiger partial charge < -0.3 is 14.6 Å². The molecule has 46 heavy (non-hydrogen) atoms. The first-order valence-corrected chi connectivity index (χ1v) is 16.9. The summed E-state index contributed by atoms with van der Waals surface area (Å²) in [5.74, 6) is -0.628. The third kappa shape index (κ3) is 6.28. The van der Waals surface area contributed by atoms with Gasteiger partial charge in [0.2, 0.25) is 0 Å². The van der Waals surface area contributed by atoms with Gasteiger partial charge in [0, 0.05) is 51.9 Å². The molecule has 1 N–H and O–H groups in total.